The van der Waals surface area contributed by atoms with E-state index in [2.05, 4.69) is 9.62 Å². The highest BCUT2D eigenvalue weighted by Gasteiger charge is 2.31. The largest absolute Gasteiger partial charge is 0.495 e. The van der Waals surface area contributed by atoms with Crippen LogP contribution in [0.1, 0.15) is 0 Å². The van der Waals surface area contributed by atoms with E-state index in [1.807, 2.05) is 24.3 Å². The molecule has 1 atom stereocenters. The van der Waals surface area contributed by atoms with E-state index in [1.54, 1.807) is 12.0 Å². The molecule has 10 heteroatoms. The number of carbonyl (C=O) groups excluding carboxylic acids is 1. The smallest absolute Gasteiger partial charge is 0.243 e. The van der Waals surface area contributed by atoms with Gasteiger partial charge in [-0.05, 0) is 36.4 Å². The molecule has 0 saturated carbocycles. The number of anilines is 1. The van der Waals surface area contributed by atoms with Gasteiger partial charge in [0.2, 0.25) is 15.9 Å². The summed E-state index contributed by atoms with van der Waals surface area (Å²) in [6.45, 7) is 1.28. The van der Waals surface area contributed by atoms with E-state index in [0.29, 0.717) is 31.2 Å². The number of aliphatic hydroxyl groups is 1. The molecule has 8 nitrogen and oxygen atoms in total. The Balaban J connectivity index is 1.65. The molecule has 0 bridgehead atoms. The predicted octanol–water partition coefficient (Wildman–Crippen LogP) is 1.34. The minimum atomic E-state index is -3.98. The first-order chi connectivity index (χ1) is 14.4. The van der Waals surface area contributed by atoms with Gasteiger partial charge < -0.3 is 19.6 Å². The molecule has 0 radical (unpaired) electrons. The number of benzene rings is 2. The number of nitrogens with zero attached hydrogens (tertiary/aromatic N) is 2. The molecule has 1 amide bonds. The van der Waals surface area contributed by atoms with Crippen LogP contribution < -0.4 is 14.4 Å². The Kier molecular flexibility index (Phi) is 7.19. The maximum absolute atomic E-state index is 12.8. The number of para-hydroxylation sites is 2. The SMILES string of the molecule is COc1ccccc1N1CCN(C(=O)C(CO)NS(=O)(=O)c2ccc(Cl)cc2)CC1. The highest BCUT2D eigenvalue weighted by Crippen LogP contribution is 2.28. The standard InChI is InChI=1S/C20H24ClN3O5S/c1-29-19-5-3-2-4-18(19)23-10-12-24(13-11-23)20(26)17(14-25)22-30(27,28)16-8-6-15(21)7-9-16/h2-9,17,22,25H,10-14H2,1H3. The number of aliphatic hydroxyl groups excluding tert-OH is 1. The van der Waals surface area contributed by atoms with Crippen LogP contribution in [0.25, 0.3) is 0 Å². The van der Waals surface area contributed by atoms with Crippen molar-refractivity contribution in [2.45, 2.75) is 10.9 Å². The van der Waals surface area contributed by atoms with Crippen LogP contribution in [0.3, 0.4) is 0 Å². The van der Waals surface area contributed by atoms with Gasteiger partial charge in [-0.3, -0.25) is 4.79 Å². The van der Waals surface area contributed by atoms with Crippen molar-refractivity contribution >= 4 is 33.2 Å². The zero-order valence-electron chi connectivity index (χ0n) is 16.5. The van der Waals surface area contributed by atoms with E-state index in [1.165, 1.54) is 24.3 Å². The zero-order chi connectivity index (χ0) is 21.7. The van der Waals surface area contributed by atoms with Gasteiger partial charge in [-0.15, -0.1) is 0 Å². The Bertz CT molecular complexity index is 976. The number of sulfonamides is 1. The van der Waals surface area contributed by atoms with Crippen LogP contribution >= 0.6 is 11.6 Å². The quantitative estimate of drug-likeness (QED) is 0.656. The van der Waals surface area contributed by atoms with Crippen LogP contribution in [-0.4, -0.2) is 70.3 Å². The molecule has 0 aromatic heterocycles. The second-order valence-corrected chi connectivity index (χ2v) is 8.94. The number of rotatable bonds is 7. The van der Waals surface area contributed by atoms with E-state index < -0.39 is 28.6 Å². The van der Waals surface area contributed by atoms with Crippen LogP contribution in [-0.2, 0) is 14.8 Å². The Hall–Kier alpha value is -2.33. The minimum Gasteiger partial charge on any atom is -0.495 e. The van der Waals surface area contributed by atoms with E-state index in [4.69, 9.17) is 16.3 Å². The third-order valence-electron chi connectivity index (χ3n) is 4.92. The lowest BCUT2D eigenvalue weighted by atomic mass is 10.2. The molecule has 1 heterocycles. The lowest BCUT2D eigenvalue weighted by Gasteiger charge is -2.37. The lowest BCUT2D eigenvalue weighted by Crippen LogP contribution is -2.56. The van der Waals surface area contributed by atoms with Gasteiger partial charge in [0, 0.05) is 31.2 Å². The summed E-state index contributed by atoms with van der Waals surface area (Å²) in [6.07, 6.45) is 0. The average molecular weight is 454 g/mol. The third-order valence-corrected chi connectivity index (χ3v) is 6.66. The van der Waals surface area contributed by atoms with Crippen molar-refractivity contribution in [3.8, 4) is 5.75 Å². The fraction of sp³-hybridized carbons (Fsp3) is 0.350. The topological polar surface area (TPSA) is 99.2 Å². The predicted molar refractivity (Wildman–Crippen MR) is 114 cm³/mol. The first-order valence-corrected chi connectivity index (χ1v) is 11.3. The van der Waals surface area contributed by atoms with Crippen LogP contribution in [0.2, 0.25) is 5.02 Å². The molecule has 0 spiro atoms. The van der Waals surface area contributed by atoms with E-state index >= 15 is 0 Å². The maximum Gasteiger partial charge on any atom is 0.243 e. The van der Waals surface area contributed by atoms with Crippen molar-refractivity contribution in [3.05, 3.63) is 53.6 Å². The fourth-order valence-electron chi connectivity index (χ4n) is 3.31. The molecule has 1 saturated heterocycles. The summed E-state index contributed by atoms with van der Waals surface area (Å²) < 4.78 is 32.8. The summed E-state index contributed by atoms with van der Waals surface area (Å²) >= 11 is 5.79. The second kappa shape index (κ2) is 9.65. The molecule has 0 aliphatic carbocycles. The number of methoxy groups -OCH3 is 1. The van der Waals surface area contributed by atoms with Crippen molar-refractivity contribution in [2.75, 3.05) is 44.8 Å². The number of carbonyl (C=O) groups is 1. The lowest BCUT2D eigenvalue weighted by molar-refractivity contribution is -0.134. The molecule has 1 aliphatic rings. The van der Waals surface area contributed by atoms with Gasteiger partial charge in [-0.2, -0.15) is 4.72 Å². The number of nitrogens with one attached hydrogen (secondary N) is 1. The second-order valence-electron chi connectivity index (χ2n) is 6.79. The minimum absolute atomic E-state index is 0.0286. The summed E-state index contributed by atoms with van der Waals surface area (Å²) in [4.78, 5) is 16.5. The molecule has 162 valence electrons. The number of ether oxygens (including phenoxy) is 1. The van der Waals surface area contributed by atoms with E-state index in [-0.39, 0.29) is 4.90 Å². The average Bonchev–Trinajstić information content (AvgIpc) is 2.77. The summed E-state index contributed by atoms with van der Waals surface area (Å²) in [6, 6.07) is 12.0. The van der Waals surface area contributed by atoms with Crippen molar-refractivity contribution in [3.63, 3.8) is 0 Å². The highest BCUT2D eigenvalue weighted by atomic mass is 35.5. The third kappa shape index (κ3) is 5.04. The van der Waals surface area contributed by atoms with Crippen LogP contribution in [0.15, 0.2) is 53.4 Å². The monoisotopic (exact) mass is 453 g/mol. The molecular formula is C20H24ClN3O5S. The molecular weight excluding hydrogens is 430 g/mol. The molecule has 1 fully saturated rings. The van der Waals surface area contributed by atoms with Crippen molar-refractivity contribution in [1.29, 1.82) is 0 Å². The summed E-state index contributed by atoms with van der Waals surface area (Å²) in [5, 5.41) is 10.1. The Morgan fingerprint density at radius 2 is 1.77 bits per heavy atom. The van der Waals surface area contributed by atoms with E-state index in [0.717, 1.165) is 11.4 Å². The van der Waals surface area contributed by atoms with E-state index in [9.17, 15) is 18.3 Å². The van der Waals surface area contributed by atoms with Gasteiger partial charge in [-0.1, -0.05) is 23.7 Å². The molecule has 2 aromatic carbocycles. The number of hydrogen-bond acceptors (Lipinski definition) is 6. The maximum atomic E-state index is 12.8. The fourth-order valence-corrected chi connectivity index (χ4v) is 4.62. The molecule has 3 rings (SSSR count). The van der Waals surface area contributed by atoms with Gasteiger partial charge in [-0.25, -0.2) is 8.42 Å². The first kappa shape index (κ1) is 22.4. The number of piperazine rings is 1. The molecule has 1 aliphatic heterocycles. The number of halogens is 1. The van der Waals surface area contributed by atoms with Crippen LogP contribution in [0.4, 0.5) is 5.69 Å². The Labute approximate surface area is 181 Å². The summed E-state index contributed by atoms with van der Waals surface area (Å²) in [7, 11) is -2.37. The molecule has 30 heavy (non-hydrogen) atoms. The normalized spacial score (nSPS) is 15.7. The Morgan fingerprint density at radius 1 is 1.13 bits per heavy atom. The van der Waals surface area contributed by atoms with Gasteiger partial charge in [0.05, 0.1) is 24.3 Å². The summed E-state index contributed by atoms with van der Waals surface area (Å²) in [5.74, 6) is 0.288. The van der Waals surface area contributed by atoms with Crippen molar-refractivity contribution < 1.29 is 23.1 Å². The van der Waals surface area contributed by atoms with Crippen molar-refractivity contribution in [1.82, 2.24) is 9.62 Å². The number of amides is 1. The highest BCUT2D eigenvalue weighted by molar-refractivity contribution is 7.89. The molecule has 1 unspecified atom stereocenters. The van der Waals surface area contributed by atoms with Gasteiger partial charge in [0.1, 0.15) is 11.8 Å². The van der Waals surface area contributed by atoms with Crippen LogP contribution in [0, 0.1) is 0 Å². The molecule has 2 aromatic rings. The van der Waals surface area contributed by atoms with Crippen LogP contribution in [0.5, 0.6) is 5.75 Å². The Morgan fingerprint density at radius 3 is 2.37 bits per heavy atom. The number of hydrogen-bond donors (Lipinski definition) is 2. The first-order valence-electron chi connectivity index (χ1n) is 9.41. The van der Waals surface area contributed by atoms with Gasteiger partial charge >= 0.3 is 0 Å². The summed E-state index contributed by atoms with van der Waals surface area (Å²) in [5.41, 5.74) is 0.939. The van der Waals surface area contributed by atoms with Gasteiger partial charge in [0.25, 0.3) is 0 Å². The molecule has 2 N–H and O–H groups in total. The zero-order valence-corrected chi connectivity index (χ0v) is 18.1. The van der Waals surface area contributed by atoms with Crippen molar-refractivity contribution in [2.24, 2.45) is 0 Å². The van der Waals surface area contributed by atoms with Gasteiger partial charge in [0.15, 0.2) is 0 Å².